The van der Waals surface area contributed by atoms with Gasteiger partial charge in [-0.05, 0) is 20.8 Å². The smallest absolute Gasteiger partial charge is 0.410 e. The van der Waals surface area contributed by atoms with Crippen LogP contribution in [0, 0.1) is 11.8 Å². The van der Waals surface area contributed by atoms with Crippen LogP contribution < -0.4 is 0 Å². The molecule has 2 aliphatic heterocycles. The first-order valence-corrected chi connectivity index (χ1v) is 5.99. The van der Waals surface area contributed by atoms with Gasteiger partial charge < -0.3 is 14.4 Å². The lowest BCUT2D eigenvalue weighted by atomic mass is 9.85. The average Bonchev–Trinajstić information content (AvgIpc) is 2.39. The molecule has 1 atom stereocenters. The molecule has 6 heteroatoms. The van der Waals surface area contributed by atoms with Crippen LogP contribution in [-0.2, 0) is 19.1 Å². The molecule has 2 heterocycles. The van der Waals surface area contributed by atoms with E-state index in [0.29, 0.717) is 13.1 Å². The van der Waals surface area contributed by atoms with Crippen molar-refractivity contribution in [3.8, 4) is 0 Å². The van der Waals surface area contributed by atoms with E-state index in [1.807, 2.05) is 0 Å². The summed E-state index contributed by atoms with van der Waals surface area (Å²) in [6.45, 7) is 6.30. The molecule has 0 aliphatic carbocycles. The van der Waals surface area contributed by atoms with Gasteiger partial charge in [0.15, 0.2) is 0 Å². The number of ether oxygens (including phenoxy) is 2. The van der Waals surface area contributed by atoms with Crippen molar-refractivity contribution in [2.24, 2.45) is 11.8 Å². The maximum atomic E-state index is 11.7. The molecule has 100 valence electrons. The highest BCUT2D eigenvalue weighted by Crippen LogP contribution is 2.32. The minimum Gasteiger partial charge on any atom is -0.444 e. The van der Waals surface area contributed by atoms with Gasteiger partial charge in [-0.2, -0.15) is 0 Å². The minimum absolute atomic E-state index is 0.0106. The zero-order chi connectivity index (χ0) is 13.5. The van der Waals surface area contributed by atoms with E-state index in [0.717, 1.165) is 0 Å². The van der Waals surface area contributed by atoms with Crippen molar-refractivity contribution in [2.75, 3.05) is 13.1 Å². The van der Waals surface area contributed by atoms with E-state index < -0.39 is 23.5 Å². The van der Waals surface area contributed by atoms with E-state index in [-0.39, 0.29) is 18.4 Å². The second kappa shape index (κ2) is 4.26. The first-order valence-electron chi connectivity index (χ1n) is 5.99. The molecular formula is C12H17NO5. The second-order valence-electron chi connectivity index (χ2n) is 5.75. The minimum atomic E-state index is -0.523. The molecule has 2 aliphatic rings. The number of carbonyl (C=O) groups excluding carboxylic acids is 3. The van der Waals surface area contributed by atoms with Gasteiger partial charge in [-0.25, -0.2) is 4.79 Å². The van der Waals surface area contributed by atoms with Crippen LogP contribution in [0.3, 0.4) is 0 Å². The van der Waals surface area contributed by atoms with Crippen molar-refractivity contribution in [3.63, 3.8) is 0 Å². The van der Waals surface area contributed by atoms with Crippen LogP contribution in [0.1, 0.15) is 27.2 Å². The highest BCUT2D eigenvalue weighted by atomic mass is 16.6. The second-order valence-corrected chi connectivity index (χ2v) is 5.75. The van der Waals surface area contributed by atoms with E-state index in [1.165, 1.54) is 4.90 Å². The third-order valence-electron chi connectivity index (χ3n) is 3.03. The number of esters is 2. The molecular weight excluding hydrogens is 238 g/mol. The van der Waals surface area contributed by atoms with E-state index in [2.05, 4.69) is 4.74 Å². The molecule has 1 unspecified atom stereocenters. The quantitative estimate of drug-likeness (QED) is 0.515. The summed E-state index contributed by atoms with van der Waals surface area (Å²) in [5, 5.41) is 0. The van der Waals surface area contributed by atoms with Gasteiger partial charge in [0.1, 0.15) is 5.60 Å². The largest absolute Gasteiger partial charge is 0.444 e. The van der Waals surface area contributed by atoms with Gasteiger partial charge in [-0.1, -0.05) is 0 Å². The van der Waals surface area contributed by atoms with Crippen LogP contribution in [0.2, 0.25) is 0 Å². The number of likely N-dealkylation sites (tertiary alicyclic amines) is 1. The molecule has 0 N–H and O–H groups in total. The highest BCUT2D eigenvalue weighted by Gasteiger charge is 2.46. The first-order chi connectivity index (χ1) is 8.26. The monoisotopic (exact) mass is 255 g/mol. The Kier molecular flexibility index (Phi) is 3.04. The fourth-order valence-electron chi connectivity index (χ4n) is 2.09. The van der Waals surface area contributed by atoms with Crippen molar-refractivity contribution in [1.29, 1.82) is 0 Å². The number of rotatable bonds is 1. The molecule has 2 fully saturated rings. The lowest BCUT2D eigenvalue weighted by molar-refractivity contribution is -0.154. The SMILES string of the molecule is CC(C)(C)OC(=O)N1CC(C2CC(=O)OC2=O)C1. The van der Waals surface area contributed by atoms with Gasteiger partial charge in [-0.3, -0.25) is 9.59 Å². The van der Waals surface area contributed by atoms with Crippen LogP contribution in [0.4, 0.5) is 4.79 Å². The number of cyclic esters (lactones) is 2. The van der Waals surface area contributed by atoms with Gasteiger partial charge in [-0.15, -0.1) is 0 Å². The zero-order valence-electron chi connectivity index (χ0n) is 10.8. The van der Waals surface area contributed by atoms with E-state index >= 15 is 0 Å². The maximum Gasteiger partial charge on any atom is 0.410 e. The predicted octanol–water partition coefficient (Wildman–Crippen LogP) is 0.943. The Morgan fingerprint density at radius 3 is 2.39 bits per heavy atom. The molecule has 2 rings (SSSR count). The summed E-state index contributed by atoms with van der Waals surface area (Å²) in [6, 6.07) is 0. The topological polar surface area (TPSA) is 72.9 Å². The summed E-state index contributed by atoms with van der Waals surface area (Å²) >= 11 is 0. The number of nitrogens with zero attached hydrogens (tertiary/aromatic N) is 1. The molecule has 0 spiro atoms. The summed E-state index contributed by atoms with van der Waals surface area (Å²) < 4.78 is 9.70. The summed E-state index contributed by atoms with van der Waals surface area (Å²) in [5.41, 5.74) is -0.523. The Morgan fingerprint density at radius 1 is 1.33 bits per heavy atom. The third-order valence-corrected chi connectivity index (χ3v) is 3.03. The van der Waals surface area contributed by atoms with Crippen molar-refractivity contribution in [2.45, 2.75) is 32.8 Å². The molecule has 0 aromatic rings. The van der Waals surface area contributed by atoms with Crippen molar-refractivity contribution in [1.82, 2.24) is 4.90 Å². The summed E-state index contributed by atoms with van der Waals surface area (Å²) in [5.74, 6) is -1.32. The van der Waals surface area contributed by atoms with Gasteiger partial charge in [0, 0.05) is 19.0 Å². The third kappa shape index (κ3) is 2.63. The number of amides is 1. The fourth-order valence-corrected chi connectivity index (χ4v) is 2.09. The summed E-state index contributed by atoms with van der Waals surface area (Å²) in [6.07, 6.45) is -0.248. The van der Waals surface area contributed by atoms with Crippen molar-refractivity contribution < 1.29 is 23.9 Å². The molecule has 0 aromatic heterocycles. The van der Waals surface area contributed by atoms with Crippen LogP contribution in [0.25, 0.3) is 0 Å². The Labute approximate surface area is 105 Å². The number of hydrogen-bond donors (Lipinski definition) is 0. The fraction of sp³-hybridized carbons (Fsp3) is 0.750. The van der Waals surface area contributed by atoms with Crippen LogP contribution >= 0.6 is 0 Å². The van der Waals surface area contributed by atoms with Crippen molar-refractivity contribution >= 4 is 18.0 Å². The maximum absolute atomic E-state index is 11.7. The molecule has 0 saturated carbocycles. The zero-order valence-corrected chi connectivity index (χ0v) is 10.8. The summed E-state index contributed by atoms with van der Waals surface area (Å²) in [7, 11) is 0. The molecule has 18 heavy (non-hydrogen) atoms. The molecule has 1 amide bonds. The van der Waals surface area contributed by atoms with Gasteiger partial charge in [0.25, 0.3) is 0 Å². The van der Waals surface area contributed by atoms with E-state index in [9.17, 15) is 14.4 Å². The molecule has 0 radical (unpaired) electrons. The Hall–Kier alpha value is -1.59. The molecule has 2 saturated heterocycles. The van der Waals surface area contributed by atoms with Crippen molar-refractivity contribution in [3.05, 3.63) is 0 Å². The normalized spacial score (nSPS) is 24.8. The standard InChI is InChI=1S/C12H17NO5/c1-12(2,3)18-11(16)13-5-7(6-13)8-4-9(14)17-10(8)15/h7-8H,4-6H2,1-3H3. The van der Waals surface area contributed by atoms with Gasteiger partial charge >= 0.3 is 18.0 Å². The average molecular weight is 255 g/mol. The predicted molar refractivity (Wildman–Crippen MR) is 60.5 cm³/mol. The summed E-state index contributed by atoms with van der Waals surface area (Å²) in [4.78, 5) is 35.5. The Balaban J connectivity index is 1.82. The van der Waals surface area contributed by atoms with Gasteiger partial charge in [0.05, 0.1) is 12.3 Å². The van der Waals surface area contributed by atoms with Crippen LogP contribution in [0.5, 0.6) is 0 Å². The molecule has 6 nitrogen and oxygen atoms in total. The Bertz CT molecular complexity index is 392. The lowest BCUT2D eigenvalue weighted by Gasteiger charge is -2.41. The van der Waals surface area contributed by atoms with Crippen LogP contribution in [0.15, 0.2) is 0 Å². The number of hydrogen-bond acceptors (Lipinski definition) is 5. The Morgan fingerprint density at radius 2 is 1.94 bits per heavy atom. The number of carbonyl (C=O) groups is 3. The molecule has 0 aromatic carbocycles. The lowest BCUT2D eigenvalue weighted by Crippen LogP contribution is -2.54. The van der Waals surface area contributed by atoms with Gasteiger partial charge in [0.2, 0.25) is 0 Å². The molecule has 0 bridgehead atoms. The van der Waals surface area contributed by atoms with E-state index in [1.54, 1.807) is 20.8 Å². The van der Waals surface area contributed by atoms with Crippen LogP contribution in [-0.4, -0.2) is 41.6 Å². The van der Waals surface area contributed by atoms with E-state index in [4.69, 9.17) is 4.74 Å². The highest BCUT2D eigenvalue weighted by molar-refractivity contribution is 5.95. The first kappa shape index (κ1) is 12.9.